The van der Waals surface area contributed by atoms with E-state index in [0.717, 1.165) is 11.4 Å². The van der Waals surface area contributed by atoms with Crippen LogP contribution in [-0.2, 0) is 0 Å². The Labute approximate surface area is 218 Å². The van der Waals surface area contributed by atoms with E-state index in [-0.39, 0.29) is 0 Å². The predicted octanol–water partition coefficient (Wildman–Crippen LogP) is 10.1. The summed E-state index contributed by atoms with van der Waals surface area (Å²) in [7, 11) is 0. The third-order valence-electron chi connectivity index (χ3n) is 6.71. The summed E-state index contributed by atoms with van der Waals surface area (Å²) in [4.78, 5) is 0. The molecule has 0 unspecified atom stereocenters. The number of hydrogen-bond donors (Lipinski definition) is 1. The average Bonchev–Trinajstić information content (AvgIpc) is 2.99. The first-order chi connectivity index (χ1) is 18.4. The lowest BCUT2D eigenvalue weighted by Crippen LogP contribution is -1.97. The summed E-state index contributed by atoms with van der Waals surface area (Å²) in [6, 6.07) is 55.6. The number of para-hydroxylation sites is 1. The van der Waals surface area contributed by atoms with Crippen molar-refractivity contribution in [2.24, 2.45) is 0 Å². The first-order valence-corrected chi connectivity index (χ1v) is 12.6. The summed E-state index contributed by atoms with van der Waals surface area (Å²) < 4.78 is 0. The van der Waals surface area contributed by atoms with Crippen molar-refractivity contribution in [1.29, 1.82) is 0 Å². The molecule has 0 radical (unpaired) electrons. The number of anilines is 2. The third-order valence-corrected chi connectivity index (χ3v) is 6.71. The van der Waals surface area contributed by atoms with Crippen molar-refractivity contribution in [2.45, 2.75) is 0 Å². The van der Waals surface area contributed by atoms with Crippen LogP contribution in [0.2, 0.25) is 0 Å². The highest BCUT2D eigenvalue weighted by Crippen LogP contribution is 2.39. The molecule has 0 amide bonds. The van der Waals surface area contributed by atoms with Gasteiger partial charge in [-0.25, -0.2) is 0 Å². The minimum Gasteiger partial charge on any atom is -0.355 e. The van der Waals surface area contributed by atoms with E-state index in [9.17, 15) is 0 Å². The summed E-state index contributed by atoms with van der Waals surface area (Å²) in [6.07, 6.45) is 0. The largest absolute Gasteiger partial charge is 0.355 e. The van der Waals surface area contributed by atoms with Crippen LogP contribution in [0.25, 0.3) is 44.5 Å². The van der Waals surface area contributed by atoms with Crippen molar-refractivity contribution < 1.29 is 0 Å². The van der Waals surface area contributed by atoms with Crippen molar-refractivity contribution in [1.82, 2.24) is 0 Å². The average molecular weight is 474 g/mol. The molecule has 0 aliphatic carbocycles. The molecule has 0 aliphatic heterocycles. The van der Waals surface area contributed by atoms with Crippen LogP contribution >= 0.6 is 0 Å². The maximum absolute atomic E-state index is 3.76. The van der Waals surface area contributed by atoms with Gasteiger partial charge in [-0.15, -0.1) is 0 Å². The van der Waals surface area contributed by atoms with Gasteiger partial charge in [-0.3, -0.25) is 0 Å². The van der Waals surface area contributed by atoms with Crippen LogP contribution in [-0.4, -0.2) is 0 Å². The molecule has 0 atom stereocenters. The summed E-state index contributed by atoms with van der Waals surface area (Å²) in [5, 5.41) is 3.76. The van der Waals surface area contributed by atoms with Crippen molar-refractivity contribution in [3.8, 4) is 44.5 Å². The van der Waals surface area contributed by atoms with E-state index in [2.05, 4.69) is 163 Å². The van der Waals surface area contributed by atoms with E-state index in [1.807, 2.05) is 0 Å². The maximum atomic E-state index is 3.76. The molecule has 0 aromatic heterocycles. The normalized spacial score (nSPS) is 10.7. The second-order valence-electron chi connectivity index (χ2n) is 9.07. The fourth-order valence-electron chi connectivity index (χ4n) is 4.89. The summed E-state index contributed by atoms with van der Waals surface area (Å²) in [6.45, 7) is 0. The lowest BCUT2D eigenvalue weighted by molar-refractivity contribution is 1.51. The molecule has 6 rings (SSSR count). The Balaban J connectivity index is 1.39. The van der Waals surface area contributed by atoms with Gasteiger partial charge in [0.1, 0.15) is 0 Å². The molecule has 0 fully saturated rings. The van der Waals surface area contributed by atoms with Gasteiger partial charge in [0.05, 0.1) is 5.69 Å². The van der Waals surface area contributed by atoms with E-state index in [1.54, 1.807) is 0 Å². The standard InChI is InChI=1S/C36H27N/c1-4-13-27(14-5-1)32-19-10-11-20-33(32)30-23-25-31(26-24-30)37-36-34(28-15-6-2-7-16-28)21-12-22-35(36)29-17-8-3-9-18-29/h1-26,37H. The summed E-state index contributed by atoms with van der Waals surface area (Å²) in [5.41, 5.74) is 11.8. The molecule has 1 N–H and O–H groups in total. The molecule has 0 aliphatic rings. The highest BCUT2D eigenvalue weighted by Gasteiger charge is 2.13. The monoisotopic (exact) mass is 473 g/mol. The molecular weight excluding hydrogens is 446 g/mol. The van der Waals surface area contributed by atoms with Gasteiger partial charge in [-0.05, 0) is 45.5 Å². The maximum Gasteiger partial charge on any atom is 0.0543 e. The van der Waals surface area contributed by atoms with Crippen LogP contribution in [0.15, 0.2) is 158 Å². The van der Waals surface area contributed by atoms with E-state index in [0.29, 0.717) is 0 Å². The zero-order chi connectivity index (χ0) is 24.9. The van der Waals surface area contributed by atoms with Gasteiger partial charge in [0.15, 0.2) is 0 Å². The molecular formula is C36H27N. The molecule has 176 valence electrons. The van der Waals surface area contributed by atoms with E-state index < -0.39 is 0 Å². The Morgan fingerprint density at radius 3 is 1.08 bits per heavy atom. The Bertz CT molecular complexity index is 1550. The Morgan fingerprint density at radius 2 is 0.622 bits per heavy atom. The SMILES string of the molecule is c1ccc(-c2ccccc2-c2ccc(Nc3c(-c4ccccc4)cccc3-c3ccccc3)cc2)cc1. The van der Waals surface area contributed by atoms with Gasteiger partial charge in [-0.1, -0.05) is 146 Å². The van der Waals surface area contributed by atoms with Gasteiger partial charge in [0.25, 0.3) is 0 Å². The Morgan fingerprint density at radius 1 is 0.270 bits per heavy atom. The first-order valence-electron chi connectivity index (χ1n) is 12.6. The number of hydrogen-bond acceptors (Lipinski definition) is 1. The second kappa shape index (κ2) is 10.4. The fourth-order valence-corrected chi connectivity index (χ4v) is 4.89. The van der Waals surface area contributed by atoms with E-state index in [1.165, 1.54) is 44.5 Å². The highest BCUT2D eigenvalue weighted by atomic mass is 14.9. The number of nitrogens with one attached hydrogen (secondary N) is 1. The molecule has 1 heteroatoms. The van der Waals surface area contributed by atoms with Crippen molar-refractivity contribution >= 4 is 11.4 Å². The van der Waals surface area contributed by atoms with E-state index in [4.69, 9.17) is 0 Å². The Hall–Kier alpha value is -4.88. The molecule has 0 saturated heterocycles. The van der Waals surface area contributed by atoms with Crippen LogP contribution in [0.1, 0.15) is 0 Å². The third kappa shape index (κ3) is 4.80. The quantitative estimate of drug-likeness (QED) is 0.254. The zero-order valence-electron chi connectivity index (χ0n) is 20.5. The number of rotatable bonds is 6. The Kier molecular flexibility index (Phi) is 6.34. The van der Waals surface area contributed by atoms with Gasteiger partial charge < -0.3 is 5.32 Å². The molecule has 0 heterocycles. The molecule has 6 aromatic rings. The second-order valence-corrected chi connectivity index (χ2v) is 9.07. The topological polar surface area (TPSA) is 12.0 Å². The molecule has 0 saturated carbocycles. The van der Waals surface area contributed by atoms with Gasteiger partial charge in [-0.2, -0.15) is 0 Å². The van der Waals surface area contributed by atoms with Crippen LogP contribution in [0.4, 0.5) is 11.4 Å². The van der Waals surface area contributed by atoms with Crippen molar-refractivity contribution in [3.63, 3.8) is 0 Å². The number of benzene rings is 6. The van der Waals surface area contributed by atoms with Crippen LogP contribution in [0.5, 0.6) is 0 Å². The minimum atomic E-state index is 1.06. The van der Waals surface area contributed by atoms with Crippen molar-refractivity contribution in [3.05, 3.63) is 158 Å². The molecule has 0 spiro atoms. The molecule has 0 bridgehead atoms. The van der Waals surface area contributed by atoms with Gasteiger partial charge >= 0.3 is 0 Å². The summed E-state index contributed by atoms with van der Waals surface area (Å²) in [5.74, 6) is 0. The lowest BCUT2D eigenvalue weighted by atomic mass is 9.94. The minimum absolute atomic E-state index is 1.06. The first kappa shape index (κ1) is 22.6. The summed E-state index contributed by atoms with van der Waals surface area (Å²) >= 11 is 0. The molecule has 1 nitrogen and oxygen atoms in total. The van der Waals surface area contributed by atoms with Crippen LogP contribution in [0.3, 0.4) is 0 Å². The van der Waals surface area contributed by atoms with Crippen LogP contribution in [0, 0.1) is 0 Å². The predicted molar refractivity (Wildman–Crippen MR) is 158 cm³/mol. The molecule has 6 aromatic carbocycles. The molecule has 37 heavy (non-hydrogen) atoms. The smallest absolute Gasteiger partial charge is 0.0543 e. The van der Waals surface area contributed by atoms with Crippen LogP contribution < -0.4 is 5.32 Å². The van der Waals surface area contributed by atoms with Gasteiger partial charge in [0, 0.05) is 16.8 Å². The fraction of sp³-hybridized carbons (Fsp3) is 0. The lowest BCUT2D eigenvalue weighted by Gasteiger charge is -2.18. The van der Waals surface area contributed by atoms with Crippen molar-refractivity contribution in [2.75, 3.05) is 5.32 Å². The van der Waals surface area contributed by atoms with Gasteiger partial charge in [0.2, 0.25) is 0 Å². The highest BCUT2D eigenvalue weighted by molar-refractivity contribution is 5.93. The van der Waals surface area contributed by atoms with E-state index >= 15 is 0 Å². The zero-order valence-corrected chi connectivity index (χ0v) is 20.5.